The van der Waals surface area contributed by atoms with Gasteiger partial charge in [-0.15, -0.1) is 0 Å². The third-order valence-electron chi connectivity index (χ3n) is 4.05. The Labute approximate surface area is 146 Å². The zero-order valence-corrected chi connectivity index (χ0v) is 14.5. The van der Waals surface area contributed by atoms with Gasteiger partial charge in [0.1, 0.15) is 11.3 Å². The topological polar surface area (TPSA) is 64.4 Å². The minimum absolute atomic E-state index is 0.160. The summed E-state index contributed by atoms with van der Waals surface area (Å²) >= 11 is 0. The number of allylic oxidation sites excluding steroid dienone is 1. The molecule has 3 rings (SSSR count). The van der Waals surface area contributed by atoms with Crippen LogP contribution in [0.5, 0.6) is 5.75 Å². The minimum Gasteiger partial charge on any atom is -0.496 e. The number of aryl methyl sites for hydroxylation is 1. The Morgan fingerprint density at radius 1 is 1.40 bits per heavy atom. The number of rotatable bonds is 5. The van der Waals surface area contributed by atoms with Gasteiger partial charge in [0.2, 0.25) is 5.91 Å². The third-order valence-corrected chi connectivity index (χ3v) is 4.05. The van der Waals surface area contributed by atoms with Gasteiger partial charge < -0.3 is 14.5 Å². The van der Waals surface area contributed by atoms with Crippen LogP contribution in [-0.2, 0) is 11.3 Å². The molecule has 2 heterocycles. The maximum absolute atomic E-state index is 12.2. The number of hydrogen-bond acceptors (Lipinski definition) is 4. The van der Waals surface area contributed by atoms with Crippen molar-refractivity contribution in [2.45, 2.75) is 20.4 Å². The van der Waals surface area contributed by atoms with E-state index in [2.05, 4.69) is 10.3 Å². The van der Waals surface area contributed by atoms with Crippen molar-refractivity contribution in [3.63, 3.8) is 0 Å². The number of ether oxygens (including phenoxy) is 1. The summed E-state index contributed by atoms with van der Waals surface area (Å²) in [5.74, 6) is 0.517. The van der Waals surface area contributed by atoms with Crippen LogP contribution in [0, 0.1) is 6.92 Å². The van der Waals surface area contributed by atoms with Gasteiger partial charge in [0.25, 0.3) is 0 Å². The molecule has 0 saturated heterocycles. The molecule has 1 aromatic carbocycles. The lowest BCUT2D eigenvalue weighted by Gasteiger charge is -2.10. The molecule has 0 bridgehead atoms. The predicted molar refractivity (Wildman–Crippen MR) is 97.2 cm³/mol. The highest BCUT2D eigenvalue weighted by Gasteiger charge is 2.12. The lowest BCUT2D eigenvalue weighted by molar-refractivity contribution is -0.116. The first-order valence-corrected chi connectivity index (χ1v) is 7.99. The summed E-state index contributed by atoms with van der Waals surface area (Å²) in [5, 5.41) is 3.88. The molecule has 0 fully saturated rings. The highest BCUT2D eigenvalue weighted by molar-refractivity contribution is 5.97. The van der Waals surface area contributed by atoms with Crippen LogP contribution in [0.4, 0.5) is 0 Å². The van der Waals surface area contributed by atoms with E-state index in [1.807, 2.05) is 38.1 Å². The lowest BCUT2D eigenvalue weighted by atomic mass is 10.0. The second kappa shape index (κ2) is 7.21. The predicted octanol–water partition coefficient (Wildman–Crippen LogP) is 3.86. The molecule has 0 aliphatic rings. The van der Waals surface area contributed by atoms with Crippen molar-refractivity contribution in [2.24, 2.45) is 0 Å². The summed E-state index contributed by atoms with van der Waals surface area (Å²) in [6.07, 6.45) is 6.73. The number of benzene rings is 1. The van der Waals surface area contributed by atoms with E-state index in [4.69, 9.17) is 9.15 Å². The molecule has 0 aliphatic heterocycles. The molecule has 2 aromatic heterocycles. The monoisotopic (exact) mass is 336 g/mol. The number of furan rings is 1. The van der Waals surface area contributed by atoms with Gasteiger partial charge >= 0.3 is 0 Å². The van der Waals surface area contributed by atoms with Gasteiger partial charge in [-0.05, 0) is 42.7 Å². The maximum atomic E-state index is 12.2. The maximum Gasteiger partial charge on any atom is 0.244 e. The van der Waals surface area contributed by atoms with Gasteiger partial charge in [0, 0.05) is 42.0 Å². The van der Waals surface area contributed by atoms with Gasteiger partial charge in [-0.1, -0.05) is 6.07 Å². The molecule has 0 saturated carbocycles. The molecule has 0 unspecified atom stereocenters. The standard InChI is InChI=1S/C20H20N2O3/c1-13(7-20(23)22-11-15-5-4-6-21-10-15)16-8-17-14(2)12-25-19(17)9-18(16)24-3/h4-10,12H,11H2,1-3H3,(H,22,23)/b13-7+. The van der Waals surface area contributed by atoms with Crippen molar-refractivity contribution < 1.29 is 13.9 Å². The number of pyridine rings is 1. The first kappa shape index (κ1) is 16.8. The number of amides is 1. The second-order valence-electron chi connectivity index (χ2n) is 5.87. The third kappa shape index (κ3) is 3.71. The highest BCUT2D eigenvalue weighted by atomic mass is 16.5. The van der Waals surface area contributed by atoms with Crippen LogP contribution >= 0.6 is 0 Å². The van der Waals surface area contributed by atoms with Crippen LogP contribution in [0.3, 0.4) is 0 Å². The molecule has 0 spiro atoms. The van der Waals surface area contributed by atoms with Crippen molar-refractivity contribution in [2.75, 3.05) is 7.11 Å². The Kier molecular flexibility index (Phi) is 4.84. The number of aromatic nitrogens is 1. The highest BCUT2D eigenvalue weighted by Crippen LogP contribution is 2.33. The van der Waals surface area contributed by atoms with Crippen molar-refractivity contribution >= 4 is 22.4 Å². The van der Waals surface area contributed by atoms with Gasteiger partial charge in [0.05, 0.1) is 13.4 Å². The van der Waals surface area contributed by atoms with E-state index >= 15 is 0 Å². The fourth-order valence-electron chi connectivity index (χ4n) is 2.68. The summed E-state index contributed by atoms with van der Waals surface area (Å²) in [4.78, 5) is 16.2. The number of methoxy groups -OCH3 is 1. The van der Waals surface area contributed by atoms with Gasteiger partial charge in [-0.3, -0.25) is 9.78 Å². The van der Waals surface area contributed by atoms with Gasteiger partial charge in [0.15, 0.2) is 0 Å². The summed E-state index contributed by atoms with van der Waals surface area (Å²) in [6, 6.07) is 7.61. The van der Waals surface area contributed by atoms with E-state index in [0.717, 1.165) is 33.2 Å². The number of carbonyl (C=O) groups excluding carboxylic acids is 1. The van der Waals surface area contributed by atoms with E-state index in [9.17, 15) is 4.79 Å². The zero-order chi connectivity index (χ0) is 17.8. The summed E-state index contributed by atoms with van der Waals surface area (Å²) < 4.78 is 11.0. The lowest BCUT2D eigenvalue weighted by Crippen LogP contribution is -2.20. The smallest absolute Gasteiger partial charge is 0.244 e. The van der Waals surface area contributed by atoms with E-state index < -0.39 is 0 Å². The van der Waals surface area contributed by atoms with E-state index in [1.165, 1.54) is 0 Å². The van der Waals surface area contributed by atoms with Crippen molar-refractivity contribution in [3.8, 4) is 5.75 Å². The van der Waals surface area contributed by atoms with E-state index in [-0.39, 0.29) is 5.91 Å². The average molecular weight is 336 g/mol. The van der Waals surface area contributed by atoms with E-state index in [1.54, 1.807) is 31.8 Å². The van der Waals surface area contributed by atoms with Crippen LogP contribution in [-0.4, -0.2) is 18.0 Å². The van der Waals surface area contributed by atoms with Crippen LogP contribution in [0.2, 0.25) is 0 Å². The number of carbonyl (C=O) groups is 1. The first-order chi connectivity index (χ1) is 12.1. The molecule has 0 radical (unpaired) electrons. The largest absolute Gasteiger partial charge is 0.496 e. The Hall–Kier alpha value is -3.08. The molecule has 3 aromatic rings. The molecule has 5 heteroatoms. The van der Waals surface area contributed by atoms with Crippen LogP contribution < -0.4 is 10.1 Å². The quantitative estimate of drug-likeness (QED) is 0.719. The second-order valence-corrected chi connectivity index (χ2v) is 5.87. The van der Waals surface area contributed by atoms with Gasteiger partial charge in [-0.25, -0.2) is 0 Å². The van der Waals surface area contributed by atoms with Crippen molar-refractivity contribution in [3.05, 3.63) is 65.7 Å². The first-order valence-electron chi connectivity index (χ1n) is 7.99. The van der Waals surface area contributed by atoms with Crippen LogP contribution in [0.15, 0.2) is 53.4 Å². The zero-order valence-electron chi connectivity index (χ0n) is 14.5. The number of hydrogen-bond donors (Lipinski definition) is 1. The summed E-state index contributed by atoms with van der Waals surface area (Å²) in [7, 11) is 1.61. The number of nitrogens with one attached hydrogen (secondary N) is 1. The van der Waals surface area contributed by atoms with Gasteiger partial charge in [-0.2, -0.15) is 0 Å². The molecule has 128 valence electrons. The summed E-state index contributed by atoms with van der Waals surface area (Å²) in [5.41, 5.74) is 4.47. The Morgan fingerprint density at radius 3 is 2.96 bits per heavy atom. The molecule has 25 heavy (non-hydrogen) atoms. The molecular weight excluding hydrogens is 316 g/mol. The molecule has 0 atom stereocenters. The average Bonchev–Trinajstić information content (AvgIpc) is 3.00. The minimum atomic E-state index is -0.160. The van der Waals surface area contributed by atoms with E-state index in [0.29, 0.717) is 12.3 Å². The molecular formula is C20H20N2O3. The number of nitrogens with zero attached hydrogens (tertiary/aromatic N) is 1. The normalized spacial score (nSPS) is 11.6. The Bertz CT molecular complexity index is 927. The summed E-state index contributed by atoms with van der Waals surface area (Å²) in [6.45, 7) is 4.32. The van der Waals surface area contributed by atoms with Crippen LogP contribution in [0.1, 0.15) is 23.6 Å². The Morgan fingerprint density at radius 2 is 2.24 bits per heavy atom. The number of fused-ring (bicyclic) bond motifs is 1. The van der Waals surface area contributed by atoms with Crippen molar-refractivity contribution in [1.82, 2.24) is 10.3 Å². The molecule has 5 nitrogen and oxygen atoms in total. The Balaban J connectivity index is 1.82. The fraction of sp³-hybridized carbons (Fsp3) is 0.200. The van der Waals surface area contributed by atoms with Crippen molar-refractivity contribution in [1.29, 1.82) is 0 Å². The van der Waals surface area contributed by atoms with Crippen LogP contribution in [0.25, 0.3) is 16.5 Å². The molecule has 1 amide bonds. The molecule has 0 aliphatic carbocycles. The molecule has 1 N–H and O–H groups in total. The SMILES string of the molecule is COc1cc2occ(C)c2cc1/C(C)=C/C(=O)NCc1cccnc1. The fourth-order valence-corrected chi connectivity index (χ4v) is 2.68.